The predicted molar refractivity (Wildman–Crippen MR) is 101 cm³/mol. The third-order valence-electron chi connectivity index (χ3n) is 4.61. The molecule has 1 amide bonds. The van der Waals surface area contributed by atoms with Gasteiger partial charge in [-0.1, -0.05) is 35.7 Å². The number of benzene rings is 1. The Morgan fingerprint density at radius 1 is 1.42 bits per heavy atom. The number of carbonyl (C=O) groups excluding carboxylic acids is 1. The smallest absolute Gasteiger partial charge is 0.224 e. The van der Waals surface area contributed by atoms with E-state index in [0.29, 0.717) is 23.9 Å². The lowest BCUT2D eigenvalue weighted by atomic mass is 10.0. The first-order valence-electron chi connectivity index (χ1n) is 8.80. The first kappa shape index (κ1) is 18.1. The Morgan fingerprint density at radius 2 is 2.25 bits per heavy atom. The van der Waals surface area contributed by atoms with Gasteiger partial charge in [-0.05, 0) is 49.8 Å². The molecule has 4 nitrogen and oxygen atoms in total. The molecule has 6 heteroatoms. The molecule has 0 bridgehead atoms. The van der Waals surface area contributed by atoms with Crippen LogP contribution in [0.4, 0.5) is 0 Å². The highest BCUT2D eigenvalue weighted by atomic mass is 35.5. The van der Waals surface area contributed by atoms with Crippen LogP contribution in [0.3, 0.4) is 0 Å². The molecule has 0 aromatic heterocycles. The predicted octanol–water partition coefficient (Wildman–Crippen LogP) is 2.99. The lowest BCUT2D eigenvalue weighted by Crippen LogP contribution is -2.43. The molecule has 24 heavy (non-hydrogen) atoms. The first-order valence-corrected chi connectivity index (χ1v) is 10.1. The van der Waals surface area contributed by atoms with E-state index < -0.39 is 0 Å². The lowest BCUT2D eigenvalue weighted by Gasteiger charge is -2.26. The zero-order valence-electron chi connectivity index (χ0n) is 13.9. The zero-order valence-corrected chi connectivity index (χ0v) is 15.5. The molecule has 2 atom stereocenters. The quantitative estimate of drug-likeness (QED) is 0.693. The van der Waals surface area contributed by atoms with Gasteiger partial charge >= 0.3 is 0 Å². The number of carbonyl (C=O) groups is 1. The maximum Gasteiger partial charge on any atom is 0.224 e. The number of likely N-dealkylation sites (tertiary alicyclic amines) is 1. The molecule has 3 N–H and O–H groups in total. The summed E-state index contributed by atoms with van der Waals surface area (Å²) in [5.41, 5.74) is 7.29. The number of hydrogen-bond donors (Lipinski definition) is 2. The van der Waals surface area contributed by atoms with Gasteiger partial charge in [-0.25, -0.2) is 0 Å². The van der Waals surface area contributed by atoms with E-state index in [1.54, 1.807) is 0 Å². The summed E-state index contributed by atoms with van der Waals surface area (Å²) in [5, 5.41) is 1.51. The SMILES string of the molecule is N[C@@H](CC(=O)N1CCC[C@H]1CNSC1CC1)Cc1cccc(Cl)c1. The normalized spacial score (nSPS) is 21.9. The number of hydrogen-bond acceptors (Lipinski definition) is 4. The van der Waals surface area contributed by atoms with Crippen molar-refractivity contribution in [3.8, 4) is 0 Å². The fourth-order valence-electron chi connectivity index (χ4n) is 3.20. The van der Waals surface area contributed by atoms with Crippen LogP contribution in [0.15, 0.2) is 24.3 Å². The Morgan fingerprint density at radius 3 is 3.00 bits per heavy atom. The topological polar surface area (TPSA) is 58.4 Å². The van der Waals surface area contributed by atoms with Crippen molar-refractivity contribution in [1.82, 2.24) is 9.62 Å². The molecule has 2 aliphatic rings. The van der Waals surface area contributed by atoms with Crippen LogP contribution in [0.2, 0.25) is 5.02 Å². The monoisotopic (exact) mass is 367 g/mol. The second-order valence-corrected chi connectivity index (χ2v) is 8.47. The average molecular weight is 368 g/mol. The highest BCUT2D eigenvalue weighted by molar-refractivity contribution is 7.98. The van der Waals surface area contributed by atoms with Gasteiger partial charge in [0.05, 0.1) is 0 Å². The minimum Gasteiger partial charge on any atom is -0.338 e. The maximum absolute atomic E-state index is 12.6. The summed E-state index contributed by atoms with van der Waals surface area (Å²) >= 11 is 7.84. The van der Waals surface area contributed by atoms with Gasteiger partial charge in [0.2, 0.25) is 5.91 Å². The van der Waals surface area contributed by atoms with E-state index in [2.05, 4.69) is 4.72 Å². The van der Waals surface area contributed by atoms with Crippen molar-refractivity contribution in [2.75, 3.05) is 13.1 Å². The number of halogens is 1. The molecule has 1 aromatic rings. The maximum atomic E-state index is 12.6. The van der Waals surface area contributed by atoms with E-state index in [0.717, 1.165) is 36.7 Å². The molecule has 1 heterocycles. The van der Waals surface area contributed by atoms with Crippen molar-refractivity contribution in [2.45, 2.75) is 55.9 Å². The van der Waals surface area contributed by atoms with E-state index >= 15 is 0 Å². The molecular formula is C18H26ClN3OS. The summed E-state index contributed by atoms with van der Waals surface area (Å²) in [6, 6.07) is 7.86. The third-order valence-corrected chi connectivity index (χ3v) is 5.99. The Bertz CT molecular complexity index is 567. The summed E-state index contributed by atoms with van der Waals surface area (Å²) < 4.78 is 3.45. The molecule has 1 saturated heterocycles. The number of nitrogens with two attached hydrogens (primary N) is 1. The first-order chi connectivity index (χ1) is 11.6. The number of rotatable bonds is 8. The van der Waals surface area contributed by atoms with E-state index in [1.807, 2.05) is 41.1 Å². The molecule has 0 radical (unpaired) electrons. The number of nitrogens with zero attached hydrogens (tertiary/aromatic N) is 1. The molecule has 0 spiro atoms. The van der Waals surface area contributed by atoms with E-state index in [1.165, 1.54) is 12.8 Å². The van der Waals surface area contributed by atoms with Crippen LogP contribution in [0.25, 0.3) is 0 Å². The van der Waals surface area contributed by atoms with Crippen LogP contribution in [0.5, 0.6) is 0 Å². The molecule has 1 aromatic carbocycles. The minimum atomic E-state index is -0.161. The molecule has 1 saturated carbocycles. The van der Waals surface area contributed by atoms with Gasteiger partial charge < -0.3 is 10.6 Å². The third kappa shape index (κ3) is 5.38. The summed E-state index contributed by atoms with van der Waals surface area (Å²) in [6.45, 7) is 1.75. The fourth-order valence-corrected chi connectivity index (χ4v) is 4.31. The standard InChI is InChI=1S/C18H26ClN3OS/c19-14-4-1-3-13(9-14)10-15(20)11-18(23)22-8-2-5-16(22)12-21-24-17-6-7-17/h1,3-4,9,15-17,21H,2,5-8,10-12,20H2/t15-,16+/m1/s1. The minimum absolute atomic E-state index is 0.161. The van der Waals surface area contributed by atoms with E-state index in [-0.39, 0.29) is 11.9 Å². The molecule has 1 aliphatic heterocycles. The van der Waals surface area contributed by atoms with Crippen molar-refractivity contribution in [3.05, 3.63) is 34.9 Å². The van der Waals surface area contributed by atoms with Gasteiger partial charge in [-0.2, -0.15) is 0 Å². The Hall–Kier alpha value is -0.750. The number of amides is 1. The van der Waals surface area contributed by atoms with Crippen LogP contribution in [0.1, 0.15) is 37.7 Å². The van der Waals surface area contributed by atoms with Gasteiger partial charge in [-0.3, -0.25) is 9.52 Å². The van der Waals surface area contributed by atoms with Crippen molar-refractivity contribution >= 4 is 29.5 Å². The van der Waals surface area contributed by atoms with Gasteiger partial charge in [-0.15, -0.1) is 0 Å². The molecule has 0 unspecified atom stereocenters. The second kappa shape index (κ2) is 8.56. The van der Waals surface area contributed by atoms with Crippen molar-refractivity contribution in [3.63, 3.8) is 0 Å². The lowest BCUT2D eigenvalue weighted by molar-refractivity contribution is -0.132. The molecule has 1 aliphatic carbocycles. The summed E-state index contributed by atoms with van der Waals surface area (Å²) in [6.07, 6.45) is 5.91. The van der Waals surface area contributed by atoms with Crippen molar-refractivity contribution in [2.24, 2.45) is 5.73 Å². The second-order valence-electron chi connectivity index (χ2n) is 6.85. The highest BCUT2D eigenvalue weighted by Crippen LogP contribution is 2.32. The van der Waals surface area contributed by atoms with E-state index in [9.17, 15) is 4.79 Å². The van der Waals surface area contributed by atoms with Crippen LogP contribution in [0, 0.1) is 0 Å². The largest absolute Gasteiger partial charge is 0.338 e. The molecule has 3 rings (SSSR count). The summed E-state index contributed by atoms with van der Waals surface area (Å²) in [5.74, 6) is 0.185. The van der Waals surface area contributed by atoms with Crippen LogP contribution in [-0.2, 0) is 11.2 Å². The van der Waals surface area contributed by atoms with E-state index in [4.69, 9.17) is 17.3 Å². The Kier molecular flexibility index (Phi) is 6.44. The molecular weight excluding hydrogens is 342 g/mol. The highest BCUT2D eigenvalue weighted by Gasteiger charge is 2.30. The van der Waals surface area contributed by atoms with Gasteiger partial charge in [0, 0.05) is 41.9 Å². The zero-order chi connectivity index (χ0) is 16.9. The average Bonchev–Trinajstić information content (AvgIpc) is 3.22. The van der Waals surface area contributed by atoms with Crippen molar-refractivity contribution < 1.29 is 4.79 Å². The summed E-state index contributed by atoms with van der Waals surface area (Å²) in [4.78, 5) is 14.6. The summed E-state index contributed by atoms with van der Waals surface area (Å²) in [7, 11) is 0. The molecule has 2 fully saturated rings. The van der Waals surface area contributed by atoms with Crippen LogP contribution < -0.4 is 10.5 Å². The van der Waals surface area contributed by atoms with Crippen molar-refractivity contribution in [1.29, 1.82) is 0 Å². The Labute approximate surface area is 153 Å². The number of nitrogens with one attached hydrogen (secondary N) is 1. The Balaban J connectivity index is 1.45. The van der Waals surface area contributed by atoms with Crippen LogP contribution in [-0.4, -0.2) is 41.2 Å². The van der Waals surface area contributed by atoms with Gasteiger partial charge in [0.25, 0.3) is 0 Å². The van der Waals surface area contributed by atoms with Gasteiger partial charge in [0.15, 0.2) is 0 Å². The fraction of sp³-hybridized carbons (Fsp3) is 0.611. The molecule has 132 valence electrons. The van der Waals surface area contributed by atoms with Crippen LogP contribution >= 0.6 is 23.5 Å². The van der Waals surface area contributed by atoms with Gasteiger partial charge in [0.1, 0.15) is 0 Å².